The molecule has 1 heterocycles. The van der Waals surface area contributed by atoms with Gasteiger partial charge in [0.2, 0.25) is 0 Å². The van der Waals surface area contributed by atoms with Crippen LogP contribution in [0.4, 0.5) is 0 Å². The van der Waals surface area contributed by atoms with E-state index < -0.39 is 5.54 Å². The van der Waals surface area contributed by atoms with Gasteiger partial charge < -0.3 is 15.0 Å². The maximum absolute atomic E-state index is 11.8. The van der Waals surface area contributed by atoms with Crippen LogP contribution in [0.5, 0.6) is 0 Å². The zero-order valence-corrected chi connectivity index (χ0v) is 10.9. The summed E-state index contributed by atoms with van der Waals surface area (Å²) in [4.78, 5) is 11.8. The van der Waals surface area contributed by atoms with Crippen molar-refractivity contribution in [3.63, 3.8) is 0 Å². The van der Waals surface area contributed by atoms with Gasteiger partial charge in [-0.15, -0.1) is 0 Å². The van der Waals surface area contributed by atoms with Crippen LogP contribution < -0.4 is 5.32 Å². The van der Waals surface area contributed by atoms with Crippen LogP contribution >= 0.6 is 23.2 Å². The first kappa shape index (κ1) is 13.4. The number of aliphatic hydroxyl groups excluding tert-OH is 1. The van der Waals surface area contributed by atoms with Crippen LogP contribution in [0.1, 0.15) is 24.3 Å². The topological polar surface area (TPSA) is 54.3 Å². The Morgan fingerprint density at radius 1 is 1.56 bits per heavy atom. The molecule has 0 fully saturated rings. The van der Waals surface area contributed by atoms with Crippen LogP contribution in [-0.4, -0.2) is 27.7 Å². The first-order valence-electron chi connectivity index (χ1n) is 4.72. The molecule has 0 aromatic carbocycles. The fourth-order valence-electron chi connectivity index (χ4n) is 1.17. The minimum atomic E-state index is -0.680. The predicted octanol–water partition coefficient (Wildman–Crippen LogP) is 1.83. The second-order valence-electron chi connectivity index (χ2n) is 4.22. The van der Waals surface area contributed by atoms with Crippen molar-refractivity contribution in [2.24, 2.45) is 7.05 Å². The molecule has 6 heteroatoms. The van der Waals surface area contributed by atoms with Gasteiger partial charge >= 0.3 is 0 Å². The number of carbonyl (C=O) groups excluding carboxylic acids is 1. The third kappa shape index (κ3) is 2.70. The number of halogens is 2. The largest absolute Gasteiger partial charge is 0.394 e. The molecule has 4 nitrogen and oxygen atoms in total. The minimum absolute atomic E-state index is 0.148. The second kappa shape index (κ2) is 4.65. The monoisotopic (exact) mass is 264 g/mol. The molecule has 1 aromatic rings. The Morgan fingerprint density at radius 2 is 2.12 bits per heavy atom. The molecule has 0 spiro atoms. The van der Waals surface area contributed by atoms with E-state index in [0.29, 0.717) is 15.9 Å². The third-order valence-electron chi connectivity index (χ3n) is 2.20. The molecule has 0 aliphatic carbocycles. The van der Waals surface area contributed by atoms with Gasteiger partial charge in [-0.25, -0.2) is 0 Å². The van der Waals surface area contributed by atoms with Gasteiger partial charge in [-0.05, 0) is 19.9 Å². The molecular formula is C10H14Cl2N2O2. The molecule has 1 rings (SSSR count). The summed E-state index contributed by atoms with van der Waals surface area (Å²) in [5.41, 5.74) is -0.322. The number of nitrogens with zero attached hydrogens (tertiary/aromatic N) is 1. The standard InChI is InChI=1S/C10H14Cl2N2O2/c1-10(2,5-15)13-9(16)7-4-6(11)8(12)14(7)3/h4,15H,5H2,1-3H3,(H,13,16). The number of nitrogens with one attached hydrogen (secondary N) is 1. The maximum atomic E-state index is 11.8. The van der Waals surface area contributed by atoms with Gasteiger partial charge in [0.1, 0.15) is 10.8 Å². The van der Waals surface area contributed by atoms with Crippen LogP contribution in [0, 0.1) is 0 Å². The van der Waals surface area contributed by atoms with Gasteiger partial charge in [0.05, 0.1) is 17.2 Å². The summed E-state index contributed by atoms with van der Waals surface area (Å²) in [6.07, 6.45) is 0. The van der Waals surface area contributed by atoms with Gasteiger partial charge in [-0.3, -0.25) is 4.79 Å². The van der Waals surface area contributed by atoms with E-state index in [9.17, 15) is 4.79 Å². The highest BCUT2D eigenvalue weighted by Gasteiger charge is 2.23. The highest BCUT2D eigenvalue weighted by molar-refractivity contribution is 6.41. The molecule has 0 aliphatic heterocycles. The molecule has 90 valence electrons. The summed E-state index contributed by atoms with van der Waals surface area (Å²) >= 11 is 11.7. The number of hydrogen-bond donors (Lipinski definition) is 2. The SMILES string of the molecule is Cn1c(C(=O)NC(C)(C)CO)cc(Cl)c1Cl. The molecule has 0 radical (unpaired) electrons. The van der Waals surface area contributed by atoms with E-state index in [1.807, 2.05) is 0 Å². The molecule has 1 amide bonds. The van der Waals surface area contributed by atoms with Gasteiger partial charge in [0.15, 0.2) is 0 Å². The zero-order chi connectivity index (χ0) is 12.5. The van der Waals surface area contributed by atoms with E-state index in [4.69, 9.17) is 28.3 Å². The van der Waals surface area contributed by atoms with Crippen molar-refractivity contribution < 1.29 is 9.90 Å². The lowest BCUT2D eigenvalue weighted by Crippen LogP contribution is -2.46. The van der Waals surface area contributed by atoms with Gasteiger partial charge in [-0.1, -0.05) is 23.2 Å². The second-order valence-corrected chi connectivity index (χ2v) is 4.99. The Kier molecular flexibility index (Phi) is 3.88. The number of hydrogen-bond acceptors (Lipinski definition) is 2. The summed E-state index contributed by atoms with van der Waals surface area (Å²) in [6, 6.07) is 1.49. The number of carbonyl (C=O) groups is 1. The van der Waals surface area contributed by atoms with Crippen molar-refractivity contribution in [2.75, 3.05) is 6.61 Å². The van der Waals surface area contributed by atoms with E-state index in [-0.39, 0.29) is 12.5 Å². The molecule has 0 saturated heterocycles. The Balaban J connectivity index is 2.94. The lowest BCUT2D eigenvalue weighted by atomic mass is 10.1. The number of rotatable bonds is 3. The molecule has 2 N–H and O–H groups in total. The van der Waals surface area contributed by atoms with E-state index in [2.05, 4.69) is 5.32 Å². The Morgan fingerprint density at radius 3 is 2.50 bits per heavy atom. The highest BCUT2D eigenvalue weighted by atomic mass is 35.5. The Labute approximate surface area is 104 Å². The van der Waals surface area contributed by atoms with E-state index >= 15 is 0 Å². The summed E-state index contributed by atoms with van der Waals surface area (Å²) in [5, 5.41) is 12.4. The van der Waals surface area contributed by atoms with Crippen molar-refractivity contribution in [3.8, 4) is 0 Å². The van der Waals surface area contributed by atoms with E-state index in [1.54, 1.807) is 20.9 Å². The first-order chi connectivity index (χ1) is 7.28. The molecule has 0 atom stereocenters. The first-order valence-corrected chi connectivity index (χ1v) is 5.48. The van der Waals surface area contributed by atoms with Crippen molar-refractivity contribution >= 4 is 29.1 Å². The van der Waals surface area contributed by atoms with Gasteiger partial charge in [0.25, 0.3) is 5.91 Å². The highest BCUT2D eigenvalue weighted by Crippen LogP contribution is 2.25. The fourth-order valence-corrected chi connectivity index (χ4v) is 1.55. The van der Waals surface area contributed by atoms with Crippen molar-refractivity contribution in [2.45, 2.75) is 19.4 Å². The van der Waals surface area contributed by atoms with Gasteiger partial charge in [0, 0.05) is 7.05 Å². The smallest absolute Gasteiger partial charge is 0.268 e. The number of amides is 1. The van der Waals surface area contributed by atoms with Crippen LogP contribution in [0.3, 0.4) is 0 Å². The molecule has 0 saturated carbocycles. The maximum Gasteiger partial charge on any atom is 0.268 e. The normalized spacial score (nSPS) is 11.6. The predicted molar refractivity (Wildman–Crippen MR) is 64.1 cm³/mol. The lowest BCUT2D eigenvalue weighted by molar-refractivity contribution is 0.0861. The number of aliphatic hydroxyl groups is 1. The Bertz CT molecular complexity index is 413. The zero-order valence-electron chi connectivity index (χ0n) is 9.34. The van der Waals surface area contributed by atoms with Crippen molar-refractivity contribution in [3.05, 3.63) is 21.9 Å². The van der Waals surface area contributed by atoms with Crippen LogP contribution in [0.15, 0.2) is 6.07 Å². The average Bonchev–Trinajstić information content (AvgIpc) is 2.45. The van der Waals surface area contributed by atoms with Crippen LogP contribution in [0.2, 0.25) is 10.2 Å². The van der Waals surface area contributed by atoms with E-state index in [1.165, 1.54) is 10.6 Å². The summed E-state index contributed by atoms with van der Waals surface area (Å²) < 4.78 is 1.49. The molecule has 0 unspecified atom stereocenters. The van der Waals surface area contributed by atoms with Crippen molar-refractivity contribution in [1.29, 1.82) is 0 Å². The molecule has 0 aliphatic rings. The summed E-state index contributed by atoms with van der Waals surface area (Å²) in [5.74, 6) is -0.324. The minimum Gasteiger partial charge on any atom is -0.394 e. The average molecular weight is 265 g/mol. The molecule has 0 bridgehead atoms. The third-order valence-corrected chi connectivity index (χ3v) is 3.04. The van der Waals surface area contributed by atoms with Crippen molar-refractivity contribution in [1.82, 2.24) is 9.88 Å². The summed E-state index contributed by atoms with van der Waals surface area (Å²) in [7, 11) is 1.65. The Hall–Kier alpha value is -0.710. The van der Waals surface area contributed by atoms with Gasteiger partial charge in [-0.2, -0.15) is 0 Å². The molecule has 1 aromatic heterocycles. The van der Waals surface area contributed by atoms with E-state index in [0.717, 1.165) is 0 Å². The quantitative estimate of drug-likeness (QED) is 0.876. The fraction of sp³-hybridized carbons (Fsp3) is 0.500. The number of aromatic nitrogens is 1. The lowest BCUT2D eigenvalue weighted by Gasteiger charge is -2.23. The molecule has 16 heavy (non-hydrogen) atoms. The molecular weight excluding hydrogens is 251 g/mol. The van der Waals surface area contributed by atoms with Crippen LogP contribution in [0.25, 0.3) is 0 Å². The summed E-state index contributed by atoms with van der Waals surface area (Å²) in [6.45, 7) is 3.29. The van der Waals surface area contributed by atoms with Crippen LogP contribution in [-0.2, 0) is 7.05 Å².